The second-order valence-corrected chi connectivity index (χ2v) is 6.61. The first kappa shape index (κ1) is 20.8. The minimum atomic E-state index is -0.489. The second kappa shape index (κ2) is 9.03. The number of ether oxygens (including phenoxy) is 1. The van der Waals surface area contributed by atoms with E-state index in [1.165, 1.54) is 37.5 Å². The summed E-state index contributed by atoms with van der Waals surface area (Å²) in [5.74, 6) is 0.191. The molecule has 0 aliphatic carbocycles. The Labute approximate surface area is 172 Å². The fourth-order valence-corrected chi connectivity index (χ4v) is 3.23. The number of nitro benzene ring substituents is 2. The molecule has 30 heavy (non-hydrogen) atoms. The highest BCUT2D eigenvalue weighted by atomic mass is 16.6. The number of amides is 1. The third-order valence-electron chi connectivity index (χ3n) is 4.81. The molecule has 0 N–H and O–H groups in total. The average Bonchev–Trinajstić information content (AvgIpc) is 2.77. The summed E-state index contributed by atoms with van der Waals surface area (Å²) in [6, 6.07) is 10.7. The molecule has 1 saturated heterocycles. The smallest absolute Gasteiger partial charge is 0.296 e. The topological polar surface area (TPSA) is 119 Å². The molecule has 156 valence electrons. The van der Waals surface area contributed by atoms with Crippen LogP contribution in [0.4, 0.5) is 17.1 Å². The molecule has 1 aliphatic rings. The summed E-state index contributed by atoms with van der Waals surface area (Å²) < 4.78 is 5.06. The third kappa shape index (κ3) is 4.72. The van der Waals surface area contributed by atoms with Gasteiger partial charge in [0.15, 0.2) is 0 Å². The highest BCUT2D eigenvalue weighted by Crippen LogP contribution is 2.32. The maximum atomic E-state index is 12.5. The number of anilines is 1. The molecule has 0 aromatic heterocycles. The van der Waals surface area contributed by atoms with Gasteiger partial charge < -0.3 is 14.5 Å². The zero-order chi connectivity index (χ0) is 21.7. The van der Waals surface area contributed by atoms with E-state index in [4.69, 9.17) is 4.74 Å². The van der Waals surface area contributed by atoms with Gasteiger partial charge in [-0.05, 0) is 23.8 Å². The molecule has 2 aromatic rings. The summed E-state index contributed by atoms with van der Waals surface area (Å²) in [6.07, 6.45) is 2.92. The minimum absolute atomic E-state index is 0.0419. The molecule has 3 rings (SSSR count). The molecule has 1 fully saturated rings. The monoisotopic (exact) mass is 412 g/mol. The largest absolute Gasteiger partial charge is 0.496 e. The Bertz CT molecular complexity index is 999. The van der Waals surface area contributed by atoms with E-state index in [1.54, 1.807) is 29.2 Å². The first-order chi connectivity index (χ1) is 14.4. The van der Waals surface area contributed by atoms with Crippen molar-refractivity contribution >= 4 is 29.0 Å². The summed E-state index contributed by atoms with van der Waals surface area (Å²) in [7, 11) is 1.45. The Kier molecular flexibility index (Phi) is 6.26. The molecule has 1 heterocycles. The lowest BCUT2D eigenvalue weighted by Gasteiger charge is -2.35. The van der Waals surface area contributed by atoms with Gasteiger partial charge in [-0.25, -0.2) is 0 Å². The van der Waals surface area contributed by atoms with Crippen LogP contribution in [0, 0.1) is 20.2 Å². The number of nitrogens with zero attached hydrogens (tertiary/aromatic N) is 4. The second-order valence-electron chi connectivity index (χ2n) is 6.61. The number of nitro groups is 2. The van der Waals surface area contributed by atoms with E-state index in [9.17, 15) is 25.0 Å². The molecule has 0 bridgehead atoms. The van der Waals surface area contributed by atoms with E-state index in [2.05, 4.69) is 0 Å². The first-order valence-electron chi connectivity index (χ1n) is 9.18. The van der Waals surface area contributed by atoms with Crippen molar-refractivity contribution in [1.29, 1.82) is 0 Å². The van der Waals surface area contributed by atoms with Gasteiger partial charge in [0.2, 0.25) is 5.91 Å². The lowest BCUT2D eigenvalue weighted by Crippen LogP contribution is -2.48. The highest BCUT2D eigenvalue weighted by Gasteiger charge is 2.25. The lowest BCUT2D eigenvalue weighted by atomic mass is 10.1. The predicted octanol–water partition coefficient (Wildman–Crippen LogP) is 2.87. The van der Waals surface area contributed by atoms with Gasteiger partial charge in [0, 0.05) is 44.4 Å². The summed E-state index contributed by atoms with van der Waals surface area (Å²) in [5, 5.41) is 22.2. The van der Waals surface area contributed by atoms with Gasteiger partial charge in [-0.15, -0.1) is 0 Å². The van der Waals surface area contributed by atoms with Crippen LogP contribution in [0.1, 0.15) is 5.56 Å². The summed E-state index contributed by atoms with van der Waals surface area (Å²) in [6.45, 7) is 1.70. The standard InChI is InChI=1S/C20H20N4O6/c1-30-17-6-7-18(19(14-17)24(28)29)21-9-11-22(12-10-21)20(25)8-5-15-3-2-4-16(13-15)23(26)27/h2-8,13-14H,9-12H2,1H3/b8-5+. The fraction of sp³-hybridized carbons (Fsp3) is 0.250. The molecule has 1 aliphatic heterocycles. The molecular weight excluding hydrogens is 392 g/mol. The molecular formula is C20H20N4O6. The molecule has 2 aromatic carbocycles. The van der Waals surface area contributed by atoms with Gasteiger partial charge in [0.05, 0.1) is 23.0 Å². The van der Waals surface area contributed by atoms with Gasteiger partial charge in [0.25, 0.3) is 11.4 Å². The van der Waals surface area contributed by atoms with Crippen molar-refractivity contribution in [3.8, 4) is 5.75 Å². The normalized spacial score (nSPS) is 14.0. The number of hydrogen-bond donors (Lipinski definition) is 0. The van der Waals surface area contributed by atoms with Crippen LogP contribution in [0.15, 0.2) is 48.5 Å². The number of carbonyl (C=O) groups is 1. The van der Waals surface area contributed by atoms with Crippen LogP contribution in [0.2, 0.25) is 0 Å². The SMILES string of the molecule is COc1ccc(N2CCN(C(=O)/C=C/c3cccc([N+](=O)[O-])c3)CC2)c([N+](=O)[O-])c1. The number of benzene rings is 2. The number of rotatable bonds is 6. The average molecular weight is 412 g/mol. The van der Waals surface area contributed by atoms with E-state index >= 15 is 0 Å². The maximum Gasteiger partial charge on any atom is 0.296 e. The molecule has 0 unspecified atom stereocenters. The third-order valence-corrected chi connectivity index (χ3v) is 4.81. The van der Waals surface area contributed by atoms with Crippen LogP contribution in [0.3, 0.4) is 0 Å². The van der Waals surface area contributed by atoms with E-state index < -0.39 is 9.85 Å². The molecule has 10 heteroatoms. The molecule has 10 nitrogen and oxygen atoms in total. The van der Waals surface area contributed by atoms with Crippen molar-refractivity contribution in [3.63, 3.8) is 0 Å². The Morgan fingerprint density at radius 1 is 1.03 bits per heavy atom. The molecule has 0 saturated carbocycles. The van der Waals surface area contributed by atoms with Crippen LogP contribution >= 0.6 is 0 Å². The number of piperazine rings is 1. The van der Waals surface area contributed by atoms with Crippen LogP contribution < -0.4 is 9.64 Å². The Balaban J connectivity index is 1.64. The van der Waals surface area contributed by atoms with Crippen LogP contribution in [-0.4, -0.2) is 53.9 Å². The lowest BCUT2D eigenvalue weighted by molar-refractivity contribution is -0.384. The Morgan fingerprint density at radius 3 is 2.40 bits per heavy atom. The van der Waals surface area contributed by atoms with Crippen molar-refractivity contribution < 1.29 is 19.4 Å². The van der Waals surface area contributed by atoms with Crippen molar-refractivity contribution in [2.45, 2.75) is 0 Å². The number of methoxy groups -OCH3 is 1. The fourth-order valence-electron chi connectivity index (χ4n) is 3.23. The highest BCUT2D eigenvalue weighted by molar-refractivity contribution is 5.92. The number of hydrogen-bond acceptors (Lipinski definition) is 7. The summed E-state index contributed by atoms with van der Waals surface area (Å²) in [5.41, 5.74) is 0.962. The minimum Gasteiger partial charge on any atom is -0.496 e. The van der Waals surface area contributed by atoms with Crippen molar-refractivity contribution in [3.05, 3.63) is 74.3 Å². The molecule has 0 spiro atoms. The van der Waals surface area contributed by atoms with E-state index in [0.29, 0.717) is 43.2 Å². The van der Waals surface area contributed by atoms with Gasteiger partial charge in [-0.1, -0.05) is 12.1 Å². The Hall–Kier alpha value is -3.95. The molecule has 0 atom stereocenters. The Morgan fingerprint density at radius 2 is 1.77 bits per heavy atom. The van der Waals surface area contributed by atoms with Crippen LogP contribution in [0.25, 0.3) is 6.08 Å². The van der Waals surface area contributed by atoms with E-state index in [1.807, 2.05) is 4.90 Å². The van der Waals surface area contributed by atoms with Gasteiger partial charge in [0.1, 0.15) is 11.4 Å². The van der Waals surface area contributed by atoms with Crippen molar-refractivity contribution in [1.82, 2.24) is 4.90 Å². The number of carbonyl (C=O) groups excluding carboxylic acids is 1. The molecule has 0 radical (unpaired) electrons. The van der Waals surface area contributed by atoms with Crippen LogP contribution in [0.5, 0.6) is 5.75 Å². The van der Waals surface area contributed by atoms with E-state index in [0.717, 1.165) is 0 Å². The maximum absolute atomic E-state index is 12.5. The first-order valence-corrected chi connectivity index (χ1v) is 9.18. The predicted molar refractivity (Wildman–Crippen MR) is 111 cm³/mol. The van der Waals surface area contributed by atoms with Crippen molar-refractivity contribution in [2.75, 3.05) is 38.2 Å². The zero-order valence-corrected chi connectivity index (χ0v) is 16.3. The molecule has 1 amide bonds. The van der Waals surface area contributed by atoms with Crippen molar-refractivity contribution in [2.24, 2.45) is 0 Å². The number of non-ortho nitro benzene ring substituents is 1. The summed E-state index contributed by atoms with van der Waals surface area (Å²) >= 11 is 0. The van der Waals surface area contributed by atoms with Gasteiger partial charge in [-0.3, -0.25) is 25.0 Å². The summed E-state index contributed by atoms with van der Waals surface area (Å²) in [4.78, 5) is 37.3. The van der Waals surface area contributed by atoms with Gasteiger partial charge in [-0.2, -0.15) is 0 Å². The quantitative estimate of drug-likeness (QED) is 0.406. The van der Waals surface area contributed by atoms with E-state index in [-0.39, 0.29) is 17.3 Å². The van der Waals surface area contributed by atoms with Gasteiger partial charge >= 0.3 is 0 Å². The van der Waals surface area contributed by atoms with Crippen LogP contribution in [-0.2, 0) is 4.79 Å². The zero-order valence-electron chi connectivity index (χ0n) is 16.3.